The lowest BCUT2D eigenvalue weighted by Crippen LogP contribution is -2.52. The summed E-state index contributed by atoms with van der Waals surface area (Å²) in [6, 6.07) is 17.3. The van der Waals surface area contributed by atoms with Gasteiger partial charge in [-0.05, 0) is 111 Å². The number of ether oxygens (including phenoxy) is 5. The van der Waals surface area contributed by atoms with Crippen LogP contribution in [0.2, 0.25) is 0 Å². The molecule has 0 spiro atoms. The maximum Gasteiger partial charge on any atom is 0.387 e. The number of rotatable bonds is 17. The fourth-order valence-corrected chi connectivity index (χ4v) is 7.33. The minimum absolute atomic E-state index is 0.0441. The Morgan fingerprint density at radius 3 is 2.30 bits per heavy atom. The third kappa shape index (κ3) is 10.0. The summed E-state index contributed by atoms with van der Waals surface area (Å²) in [6.45, 7) is 5.49. The molecule has 1 unspecified atom stereocenters. The molecule has 3 aromatic carbocycles. The van der Waals surface area contributed by atoms with Gasteiger partial charge in [-0.2, -0.15) is 8.78 Å². The molecule has 3 aliphatic heterocycles. The lowest BCUT2D eigenvalue weighted by atomic mass is 9.86. The van der Waals surface area contributed by atoms with E-state index in [0.717, 1.165) is 45.3 Å². The molecular weight excluding hydrogens is 741 g/mol. The average molecular weight is 786 g/mol. The fraction of sp³-hybridized carbons (Fsp3) is 0.415. The normalized spacial score (nSPS) is 20.7. The topological polar surface area (TPSA) is 95.6 Å². The van der Waals surface area contributed by atoms with Crippen LogP contribution >= 0.6 is 23.2 Å². The smallest absolute Gasteiger partial charge is 0.387 e. The standard InChI is InChI=1S/C41H44Cl2F2N2O7/c1-24(42)32(25(2)43)21-35(29-12-15-34(54-41(44)45)36(20-29)51-23-26-8-9-26)52-39(48)28-10-13-30(14-11-28)46-38(31-6-4-5-7-33(31)50-3)40(49)53-37-22-47-18-16-27(37)17-19-47/h4-7,10-15,20,26-27,35,37-38,41,46H,1,8-9,16-19,21-23H2,2-3H3/b32-25+/t35-,37-,38?/m0/s1. The maximum absolute atomic E-state index is 13.8. The Labute approximate surface area is 324 Å². The first-order chi connectivity index (χ1) is 26.0. The van der Waals surface area contributed by atoms with Crippen molar-refractivity contribution in [3.63, 3.8) is 0 Å². The Bertz CT molecular complexity index is 1840. The number of hydrogen-bond donors (Lipinski definition) is 1. The second-order valence-corrected chi connectivity index (χ2v) is 14.9. The highest BCUT2D eigenvalue weighted by atomic mass is 35.5. The molecule has 0 aromatic heterocycles. The summed E-state index contributed by atoms with van der Waals surface area (Å²) in [6.07, 6.45) is 2.88. The predicted molar refractivity (Wildman–Crippen MR) is 202 cm³/mol. The van der Waals surface area contributed by atoms with E-state index in [1.165, 1.54) is 18.2 Å². The van der Waals surface area contributed by atoms with Gasteiger partial charge in [-0.25, -0.2) is 9.59 Å². The van der Waals surface area contributed by atoms with Crippen LogP contribution in [0.15, 0.2) is 88.9 Å². The van der Waals surface area contributed by atoms with Gasteiger partial charge in [0.05, 0.1) is 19.3 Å². The molecule has 3 aromatic rings. The van der Waals surface area contributed by atoms with Gasteiger partial charge in [0.1, 0.15) is 18.0 Å². The van der Waals surface area contributed by atoms with E-state index in [2.05, 4.69) is 16.8 Å². The van der Waals surface area contributed by atoms with Gasteiger partial charge in [-0.15, -0.1) is 0 Å². The monoisotopic (exact) mass is 784 g/mol. The second kappa shape index (κ2) is 17.9. The number of methoxy groups -OCH3 is 1. The van der Waals surface area contributed by atoms with Crippen LogP contribution in [0.3, 0.4) is 0 Å². The molecule has 2 bridgehead atoms. The van der Waals surface area contributed by atoms with Crippen molar-refractivity contribution in [3.8, 4) is 17.2 Å². The molecular formula is C41H44Cl2F2N2O7. The zero-order valence-corrected chi connectivity index (χ0v) is 31.7. The number of alkyl halides is 2. The van der Waals surface area contributed by atoms with E-state index in [1.54, 1.807) is 44.4 Å². The second-order valence-electron chi connectivity index (χ2n) is 13.9. The Kier molecular flexibility index (Phi) is 13.0. The molecule has 4 aliphatic rings. The number of carbonyl (C=O) groups excluding carboxylic acids is 2. The van der Waals surface area contributed by atoms with Gasteiger partial charge in [0.2, 0.25) is 0 Å². The van der Waals surface area contributed by atoms with Crippen LogP contribution in [-0.2, 0) is 14.3 Å². The number of halogens is 4. The number of para-hydroxylation sites is 1. The molecule has 54 heavy (non-hydrogen) atoms. The first kappa shape index (κ1) is 39.4. The van der Waals surface area contributed by atoms with Gasteiger partial charge in [0.25, 0.3) is 0 Å². The summed E-state index contributed by atoms with van der Waals surface area (Å²) in [5, 5.41) is 3.81. The number of piperidine rings is 3. The fourth-order valence-electron chi connectivity index (χ4n) is 6.87. The van der Waals surface area contributed by atoms with Crippen LogP contribution in [0.1, 0.15) is 72.7 Å². The number of fused-ring (bicyclic) bond motifs is 3. The van der Waals surface area contributed by atoms with Crippen molar-refractivity contribution in [1.82, 2.24) is 4.90 Å². The van der Waals surface area contributed by atoms with Crippen molar-refractivity contribution in [1.29, 1.82) is 0 Å². The summed E-state index contributed by atoms with van der Waals surface area (Å²) in [7, 11) is 1.55. The molecule has 1 aliphatic carbocycles. The first-order valence-corrected chi connectivity index (χ1v) is 18.8. The minimum atomic E-state index is -3.06. The molecule has 3 heterocycles. The highest BCUT2D eigenvalue weighted by Gasteiger charge is 2.38. The number of carbonyl (C=O) groups is 2. The van der Waals surface area contributed by atoms with Gasteiger partial charge in [0.15, 0.2) is 17.5 Å². The third-order valence-electron chi connectivity index (χ3n) is 10.1. The lowest BCUT2D eigenvalue weighted by Gasteiger charge is -2.44. The molecule has 1 saturated carbocycles. The molecule has 7 rings (SSSR count). The molecule has 288 valence electrons. The number of esters is 2. The van der Waals surface area contributed by atoms with Crippen molar-refractivity contribution in [3.05, 3.63) is 106 Å². The number of anilines is 1. The molecule has 3 saturated heterocycles. The van der Waals surface area contributed by atoms with Crippen molar-refractivity contribution in [2.45, 2.75) is 63.9 Å². The van der Waals surface area contributed by atoms with Crippen LogP contribution < -0.4 is 19.5 Å². The number of nitrogens with zero attached hydrogens (tertiary/aromatic N) is 1. The molecule has 13 heteroatoms. The summed E-state index contributed by atoms with van der Waals surface area (Å²) in [4.78, 5) is 29.9. The molecule has 3 atom stereocenters. The van der Waals surface area contributed by atoms with Gasteiger partial charge >= 0.3 is 18.6 Å². The van der Waals surface area contributed by atoms with Gasteiger partial charge < -0.3 is 29.0 Å². The van der Waals surface area contributed by atoms with Crippen LogP contribution in [0, 0.1) is 11.8 Å². The third-order valence-corrected chi connectivity index (χ3v) is 10.5. The van der Waals surface area contributed by atoms with E-state index in [-0.39, 0.29) is 34.6 Å². The van der Waals surface area contributed by atoms with Crippen LogP contribution in [0.5, 0.6) is 17.2 Å². The van der Waals surface area contributed by atoms with E-state index in [9.17, 15) is 18.4 Å². The van der Waals surface area contributed by atoms with E-state index in [0.29, 0.717) is 51.6 Å². The van der Waals surface area contributed by atoms with E-state index < -0.39 is 30.7 Å². The SMILES string of the molecule is C=C(Cl)/C(C[C@H](OC(=O)c1ccc(NC(C(=O)O[C@H]2CN3CCC2CC3)c2ccccc2OC)cc1)c1ccc(OC(F)F)c(OCC2CC2)c1)=C(\C)Cl. The van der Waals surface area contributed by atoms with E-state index in [4.69, 9.17) is 46.9 Å². The van der Waals surface area contributed by atoms with Gasteiger partial charge in [-0.3, -0.25) is 4.90 Å². The number of nitrogens with one attached hydrogen (secondary N) is 1. The summed E-state index contributed by atoms with van der Waals surface area (Å²) in [5.41, 5.74) is 2.29. The van der Waals surface area contributed by atoms with Crippen molar-refractivity contribution in [2.24, 2.45) is 11.8 Å². The summed E-state index contributed by atoms with van der Waals surface area (Å²) in [5.74, 6) is 0.0807. The van der Waals surface area contributed by atoms with Gasteiger partial charge in [0, 0.05) is 34.3 Å². The summed E-state index contributed by atoms with van der Waals surface area (Å²) >= 11 is 12.6. The first-order valence-electron chi connectivity index (χ1n) is 18.0. The largest absolute Gasteiger partial charge is 0.496 e. The summed E-state index contributed by atoms with van der Waals surface area (Å²) < 4.78 is 54.8. The predicted octanol–water partition coefficient (Wildman–Crippen LogP) is 9.43. The van der Waals surface area contributed by atoms with E-state index >= 15 is 0 Å². The Morgan fingerprint density at radius 2 is 1.69 bits per heavy atom. The van der Waals surface area contributed by atoms with Crippen molar-refractivity contribution in [2.75, 3.05) is 38.7 Å². The Balaban J connectivity index is 1.22. The quantitative estimate of drug-likeness (QED) is 0.106. The molecule has 9 nitrogen and oxygen atoms in total. The van der Waals surface area contributed by atoms with Crippen LogP contribution in [0.25, 0.3) is 0 Å². The highest BCUT2D eigenvalue weighted by molar-refractivity contribution is 6.35. The minimum Gasteiger partial charge on any atom is -0.496 e. The van der Waals surface area contributed by atoms with Gasteiger partial charge in [-0.1, -0.05) is 54.0 Å². The molecule has 4 fully saturated rings. The molecule has 0 radical (unpaired) electrons. The molecule has 1 N–H and O–H groups in total. The van der Waals surface area contributed by atoms with Crippen LogP contribution in [-0.4, -0.2) is 62.9 Å². The number of benzene rings is 3. The van der Waals surface area contributed by atoms with Crippen LogP contribution in [0.4, 0.5) is 14.5 Å². The number of hydrogen-bond acceptors (Lipinski definition) is 9. The number of allylic oxidation sites excluding steroid dienone is 2. The zero-order chi connectivity index (χ0) is 38.4. The Morgan fingerprint density at radius 1 is 0.963 bits per heavy atom. The van der Waals surface area contributed by atoms with Crippen molar-refractivity contribution < 1.29 is 42.1 Å². The van der Waals surface area contributed by atoms with Crippen molar-refractivity contribution >= 4 is 40.8 Å². The van der Waals surface area contributed by atoms with E-state index in [1.807, 2.05) is 18.2 Å². The maximum atomic E-state index is 13.8. The lowest BCUT2D eigenvalue weighted by molar-refractivity contribution is -0.160. The average Bonchev–Trinajstić information content (AvgIpc) is 4.00. The molecule has 0 amide bonds. The highest BCUT2D eigenvalue weighted by Crippen LogP contribution is 2.39. The Hall–Kier alpha value is -4.32. The zero-order valence-electron chi connectivity index (χ0n) is 30.2.